The Morgan fingerprint density at radius 1 is 1.36 bits per heavy atom. The van der Waals surface area contributed by atoms with Crippen molar-refractivity contribution in [3.63, 3.8) is 0 Å². The average molecular weight is 160 g/mol. The molecule has 1 atom stereocenters. The summed E-state index contributed by atoms with van der Waals surface area (Å²) in [5, 5.41) is 0. The number of nitrogens with two attached hydrogens (primary N) is 2. The molecule has 4 N–H and O–H groups in total. The van der Waals surface area contributed by atoms with Crippen LogP contribution in [0.5, 0.6) is 0 Å². The van der Waals surface area contributed by atoms with Crippen molar-refractivity contribution >= 4 is 0 Å². The van der Waals surface area contributed by atoms with Crippen molar-refractivity contribution < 1.29 is 4.74 Å². The molecule has 68 valence electrons. The third-order valence-corrected chi connectivity index (χ3v) is 1.83. The largest absolute Gasteiger partial charge is 0.360 e. The Kier molecular flexibility index (Phi) is 5.46. The van der Waals surface area contributed by atoms with E-state index >= 15 is 0 Å². The normalized spacial score (nSPS) is 16.4. The molecule has 1 unspecified atom stereocenters. The van der Waals surface area contributed by atoms with Gasteiger partial charge in [-0.3, -0.25) is 0 Å². The number of rotatable bonds is 6. The Morgan fingerprint density at radius 2 is 2.00 bits per heavy atom. The molecule has 3 heteroatoms. The fourth-order valence-electron chi connectivity index (χ4n) is 0.725. The number of unbranched alkanes of at least 4 members (excludes halogenated alkanes) is 1. The fourth-order valence-corrected chi connectivity index (χ4v) is 0.725. The second-order valence-corrected chi connectivity index (χ2v) is 2.82. The summed E-state index contributed by atoms with van der Waals surface area (Å²) in [6.07, 6.45) is 2.95. The molecule has 0 bridgehead atoms. The van der Waals surface area contributed by atoms with Gasteiger partial charge in [0.1, 0.15) is 5.72 Å². The molecule has 11 heavy (non-hydrogen) atoms. The molecule has 0 amide bonds. The molecule has 0 aromatic rings. The van der Waals surface area contributed by atoms with E-state index in [-0.39, 0.29) is 0 Å². The van der Waals surface area contributed by atoms with E-state index in [1.54, 1.807) is 0 Å². The standard InChI is InChI=1S/C8H20N2O/c1-3-5-6-11-8(10,4-2)7-9/h3-7,9-10H2,1-2H3. The van der Waals surface area contributed by atoms with E-state index in [1.807, 2.05) is 6.92 Å². The van der Waals surface area contributed by atoms with Gasteiger partial charge in [-0.15, -0.1) is 0 Å². The molecule has 0 heterocycles. The monoisotopic (exact) mass is 160 g/mol. The van der Waals surface area contributed by atoms with Crippen molar-refractivity contribution in [1.29, 1.82) is 0 Å². The molecule has 0 aromatic heterocycles. The van der Waals surface area contributed by atoms with Crippen LogP contribution in [0.2, 0.25) is 0 Å². The second kappa shape index (κ2) is 5.52. The molecular weight excluding hydrogens is 140 g/mol. The van der Waals surface area contributed by atoms with Crippen LogP contribution in [-0.4, -0.2) is 18.9 Å². The first kappa shape index (κ1) is 10.9. The van der Waals surface area contributed by atoms with Crippen LogP contribution >= 0.6 is 0 Å². The maximum Gasteiger partial charge on any atom is 0.128 e. The highest BCUT2D eigenvalue weighted by atomic mass is 16.5. The third-order valence-electron chi connectivity index (χ3n) is 1.83. The van der Waals surface area contributed by atoms with Gasteiger partial charge in [0.15, 0.2) is 0 Å². The lowest BCUT2D eigenvalue weighted by Gasteiger charge is -2.26. The molecule has 0 aliphatic heterocycles. The minimum absolute atomic E-state index is 0.396. The van der Waals surface area contributed by atoms with Gasteiger partial charge in [0.05, 0.1) is 0 Å². The van der Waals surface area contributed by atoms with Crippen molar-refractivity contribution in [2.75, 3.05) is 13.2 Å². The van der Waals surface area contributed by atoms with Crippen molar-refractivity contribution in [2.45, 2.75) is 38.8 Å². The Balaban J connectivity index is 3.51. The Labute approximate surface area is 69.1 Å². The summed E-state index contributed by atoms with van der Waals surface area (Å²) in [4.78, 5) is 0. The lowest BCUT2D eigenvalue weighted by molar-refractivity contribution is -0.0381. The summed E-state index contributed by atoms with van der Waals surface area (Å²) >= 11 is 0. The lowest BCUT2D eigenvalue weighted by atomic mass is 10.2. The fraction of sp³-hybridized carbons (Fsp3) is 1.00. The zero-order valence-electron chi connectivity index (χ0n) is 7.60. The molecule has 3 nitrogen and oxygen atoms in total. The van der Waals surface area contributed by atoms with E-state index in [0.717, 1.165) is 25.9 Å². The van der Waals surface area contributed by atoms with Crippen LogP contribution in [-0.2, 0) is 4.74 Å². The summed E-state index contributed by atoms with van der Waals surface area (Å²) in [5.74, 6) is 0. The molecule has 0 radical (unpaired) electrons. The second-order valence-electron chi connectivity index (χ2n) is 2.82. The van der Waals surface area contributed by atoms with E-state index in [4.69, 9.17) is 16.2 Å². The number of ether oxygens (including phenoxy) is 1. The van der Waals surface area contributed by atoms with Crippen LogP contribution in [0.4, 0.5) is 0 Å². The van der Waals surface area contributed by atoms with Crippen molar-refractivity contribution in [1.82, 2.24) is 0 Å². The Bertz CT molecular complexity index is 92.1. The summed E-state index contributed by atoms with van der Waals surface area (Å²) in [6.45, 7) is 5.22. The average Bonchev–Trinajstić information content (AvgIpc) is 2.05. The molecule has 0 fully saturated rings. The summed E-state index contributed by atoms with van der Waals surface area (Å²) in [6, 6.07) is 0. The molecule has 0 rings (SSSR count). The van der Waals surface area contributed by atoms with Crippen LogP contribution in [0, 0.1) is 0 Å². The van der Waals surface area contributed by atoms with Gasteiger partial charge in [0.2, 0.25) is 0 Å². The van der Waals surface area contributed by atoms with Crippen LogP contribution in [0.1, 0.15) is 33.1 Å². The van der Waals surface area contributed by atoms with Gasteiger partial charge in [-0.1, -0.05) is 20.3 Å². The van der Waals surface area contributed by atoms with Crippen LogP contribution in [0.3, 0.4) is 0 Å². The number of hydrogen-bond acceptors (Lipinski definition) is 3. The first-order valence-electron chi connectivity index (χ1n) is 4.31. The van der Waals surface area contributed by atoms with Gasteiger partial charge in [-0.2, -0.15) is 0 Å². The number of hydrogen-bond donors (Lipinski definition) is 2. The molecule has 0 aliphatic rings. The van der Waals surface area contributed by atoms with Crippen molar-refractivity contribution in [3.05, 3.63) is 0 Å². The van der Waals surface area contributed by atoms with Gasteiger partial charge >= 0.3 is 0 Å². The molecular formula is C8H20N2O. The van der Waals surface area contributed by atoms with Crippen molar-refractivity contribution in [3.8, 4) is 0 Å². The van der Waals surface area contributed by atoms with Gasteiger partial charge in [0, 0.05) is 13.2 Å². The predicted octanol–water partition coefficient (Wildman–Crippen LogP) is 0.827. The summed E-state index contributed by atoms with van der Waals surface area (Å²) in [7, 11) is 0. The molecule has 0 aromatic carbocycles. The zero-order valence-corrected chi connectivity index (χ0v) is 7.60. The first-order chi connectivity index (χ1) is 5.18. The highest BCUT2D eigenvalue weighted by molar-refractivity contribution is 4.71. The first-order valence-corrected chi connectivity index (χ1v) is 4.31. The maximum absolute atomic E-state index is 5.79. The smallest absolute Gasteiger partial charge is 0.128 e. The van der Waals surface area contributed by atoms with E-state index < -0.39 is 5.72 Å². The maximum atomic E-state index is 5.79. The highest BCUT2D eigenvalue weighted by Crippen LogP contribution is 2.06. The van der Waals surface area contributed by atoms with Gasteiger partial charge in [-0.05, 0) is 12.8 Å². The molecule has 0 saturated heterocycles. The summed E-state index contributed by atoms with van der Waals surface area (Å²) < 4.78 is 5.42. The third kappa shape index (κ3) is 4.35. The van der Waals surface area contributed by atoms with Crippen LogP contribution in [0.15, 0.2) is 0 Å². The summed E-state index contributed by atoms with van der Waals surface area (Å²) in [5.41, 5.74) is 10.7. The van der Waals surface area contributed by atoms with Gasteiger partial charge in [-0.25, -0.2) is 0 Å². The lowest BCUT2D eigenvalue weighted by Crippen LogP contribution is -2.49. The minimum Gasteiger partial charge on any atom is -0.360 e. The molecule has 0 spiro atoms. The quantitative estimate of drug-likeness (QED) is 0.447. The minimum atomic E-state index is -0.588. The Morgan fingerprint density at radius 3 is 2.36 bits per heavy atom. The zero-order chi connectivity index (χ0) is 8.74. The van der Waals surface area contributed by atoms with Gasteiger partial charge < -0.3 is 16.2 Å². The highest BCUT2D eigenvalue weighted by Gasteiger charge is 2.20. The van der Waals surface area contributed by atoms with E-state index in [0.29, 0.717) is 6.54 Å². The molecule has 0 saturated carbocycles. The molecule has 0 aliphatic carbocycles. The van der Waals surface area contributed by atoms with E-state index in [1.165, 1.54) is 0 Å². The SMILES string of the molecule is CCCCOC(N)(CC)CN. The van der Waals surface area contributed by atoms with E-state index in [2.05, 4.69) is 6.92 Å². The topological polar surface area (TPSA) is 61.3 Å². The van der Waals surface area contributed by atoms with Gasteiger partial charge in [0.25, 0.3) is 0 Å². The Hall–Kier alpha value is -0.120. The predicted molar refractivity (Wildman–Crippen MR) is 47.1 cm³/mol. The van der Waals surface area contributed by atoms with Crippen molar-refractivity contribution in [2.24, 2.45) is 11.5 Å². The van der Waals surface area contributed by atoms with E-state index in [9.17, 15) is 0 Å². The van der Waals surface area contributed by atoms with Crippen LogP contribution in [0.25, 0.3) is 0 Å². The van der Waals surface area contributed by atoms with Crippen LogP contribution < -0.4 is 11.5 Å².